The Morgan fingerprint density at radius 1 is 1.28 bits per heavy atom. The molecular weight excluding hydrogens is 232 g/mol. The normalized spacial score (nSPS) is 23.4. The van der Waals surface area contributed by atoms with Gasteiger partial charge in [-0.2, -0.15) is 0 Å². The molecule has 0 heterocycles. The van der Waals surface area contributed by atoms with Gasteiger partial charge in [0.1, 0.15) is 12.4 Å². The summed E-state index contributed by atoms with van der Waals surface area (Å²) >= 11 is 0. The average molecular weight is 250 g/mol. The zero-order valence-corrected chi connectivity index (χ0v) is 10.5. The first-order valence-electron chi connectivity index (χ1n) is 6.22. The number of aliphatic hydroxyl groups excluding tert-OH is 1. The number of hydrogen-bond donors (Lipinski definition) is 1. The Hall–Kier alpha value is -1.55. The molecule has 1 aliphatic rings. The van der Waals surface area contributed by atoms with Gasteiger partial charge in [-0.25, -0.2) is 0 Å². The molecule has 98 valence electrons. The summed E-state index contributed by atoms with van der Waals surface area (Å²) in [5.41, 5.74) is 0.538. The lowest BCUT2D eigenvalue weighted by molar-refractivity contribution is 0.00566. The van der Waals surface area contributed by atoms with Crippen molar-refractivity contribution in [2.75, 3.05) is 7.11 Å². The number of ether oxygens (including phenoxy) is 2. The van der Waals surface area contributed by atoms with Crippen LogP contribution in [0.3, 0.4) is 0 Å². The quantitative estimate of drug-likeness (QED) is 0.832. The van der Waals surface area contributed by atoms with Crippen molar-refractivity contribution in [1.29, 1.82) is 0 Å². The van der Waals surface area contributed by atoms with Crippen molar-refractivity contribution in [3.8, 4) is 11.5 Å². The van der Waals surface area contributed by atoms with Crippen molar-refractivity contribution in [2.45, 2.75) is 37.9 Å². The van der Waals surface area contributed by atoms with Crippen LogP contribution in [0.5, 0.6) is 11.5 Å². The van der Waals surface area contributed by atoms with Crippen LogP contribution in [-0.2, 0) is 0 Å². The standard InChI is InChI=1S/C14H18O4/c1-17-13-7-6-10(9-15)8-14(13)18-12-5-3-2-4-11(12)16/h6-9,11-12,16H,2-5H2,1H3. The molecule has 0 spiro atoms. The van der Waals surface area contributed by atoms with Crippen molar-refractivity contribution in [3.05, 3.63) is 23.8 Å². The highest BCUT2D eigenvalue weighted by atomic mass is 16.5. The molecule has 1 N–H and O–H groups in total. The van der Waals surface area contributed by atoms with Crippen molar-refractivity contribution in [3.63, 3.8) is 0 Å². The van der Waals surface area contributed by atoms with E-state index in [0.29, 0.717) is 17.1 Å². The molecule has 2 unspecified atom stereocenters. The summed E-state index contributed by atoms with van der Waals surface area (Å²) in [5, 5.41) is 9.88. The number of aliphatic hydroxyl groups is 1. The molecule has 0 radical (unpaired) electrons. The number of hydrogen-bond acceptors (Lipinski definition) is 4. The Balaban J connectivity index is 2.17. The van der Waals surface area contributed by atoms with Gasteiger partial charge >= 0.3 is 0 Å². The Bertz CT molecular complexity index is 416. The first-order valence-corrected chi connectivity index (χ1v) is 6.22. The van der Waals surface area contributed by atoms with Gasteiger partial charge in [0.05, 0.1) is 13.2 Å². The summed E-state index contributed by atoms with van der Waals surface area (Å²) in [7, 11) is 1.56. The maximum atomic E-state index is 10.8. The number of carbonyl (C=O) groups excluding carboxylic acids is 1. The fourth-order valence-electron chi connectivity index (χ4n) is 2.24. The van der Waals surface area contributed by atoms with Gasteiger partial charge in [-0.3, -0.25) is 4.79 Å². The maximum absolute atomic E-state index is 10.8. The highest BCUT2D eigenvalue weighted by Crippen LogP contribution is 2.31. The van der Waals surface area contributed by atoms with Crippen molar-refractivity contribution < 1.29 is 19.4 Å². The van der Waals surface area contributed by atoms with E-state index in [0.717, 1.165) is 32.0 Å². The molecule has 0 aromatic heterocycles. The zero-order chi connectivity index (χ0) is 13.0. The van der Waals surface area contributed by atoms with Gasteiger partial charge in [-0.05, 0) is 37.5 Å². The lowest BCUT2D eigenvalue weighted by atomic mass is 9.95. The van der Waals surface area contributed by atoms with E-state index in [1.54, 1.807) is 25.3 Å². The molecule has 2 atom stereocenters. The second-order valence-electron chi connectivity index (χ2n) is 4.54. The first kappa shape index (κ1) is 12.9. The highest BCUT2D eigenvalue weighted by molar-refractivity contribution is 5.76. The molecule has 0 bridgehead atoms. The lowest BCUT2D eigenvalue weighted by Gasteiger charge is -2.28. The predicted molar refractivity (Wildman–Crippen MR) is 67.3 cm³/mol. The second-order valence-corrected chi connectivity index (χ2v) is 4.54. The van der Waals surface area contributed by atoms with Crippen LogP contribution in [0.15, 0.2) is 18.2 Å². The van der Waals surface area contributed by atoms with Crippen molar-refractivity contribution in [2.24, 2.45) is 0 Å². The minimum atomic E-state index is -0.441. The Morgan fingerprint density at radius 2 is 2.06 bits per heavy atom. The molecule has 1 saturated carbocycles. The summed E-state index contributed by atoms with van der Waals surface area (Å²) in [6.07, 6.45) is 3.79. The summed E-state index contributed by atoms with van der Waals surface area (Å²) in [6.45, 7) is 0. The van der Waals surface area contributed by atoms with E-state index < -0.39 is 6.10 Å². The van der Waals surface area contributed by atoms with Gasteiger partial charge in [-0.15, -0.1) is 0 Å². The minimum Gasteiger partial charge on any atom is -0.493 e. The van der Waals surface area contributed by atoms with Crippen LogP contribution < -0.4 is 9.47 Å². The Morgan fingerprint density at radius 3 is 2.72 bits per heavy atom. The molecule has 4 nitrogen and oxygen atoms in total. The highest BCUT2D eigenvalue weighted by Gasteiger charge is 2.25. The van der Waals surface area contributed by atoms with Crippen LogP contribution in [0.2, 0.25) is 0 Å². The SMILES string of the molecule is COc1ccc(C=O)cc1OC1CCCCC1O. The molecule has 0 amide bonds. The molecule has 0 saturated heterocycles. The van der Waals surface area contributed by atoms with Gasteiger partial charge in [0, 0.05) is 5.56 Å². The Labute approximate surface area is 107 Å². The van der Waals surface area contributed by atoms with E-state index in [1.165, 1.54) is 0 Å². The van der Waals surface area contributed by atoms with Crippen LogP contribution in [0, 0.1) is 0 Å². The number of carbonyl (C=O) groups is 1. The van der Waals surface area contributed by atoms with Gasteiger partial charge in [0.25, 0.3) is 0 Å². The number of rotatable bonds is 4. The van der Waals surface area contributed by atoms with Gasteiger partial charge in [-0.1, -0.05) is 6.42 Å². The van der Waals surface area contributed by atoms with Crippen LogP contribution in [0.1, 0.15) is 36.0 Å². The van der Waals surface area contributed by atoms with Crippen molar-refractivity contribution >= 4 is 6.29 Å². The van der Waals surface area contributed by atoms with E-state index in [9.17, 15) is 9.90 Å². The maximum Gasteiger partial charge on any atom is 0.162 e. The number of aldehydes is 1. The minimum absolute atomic E-state index is 0.213. The van der Waals surface area contributed by atoms with Gasteiger partial charge in [0.2, 0.25) is 0 Å². The third-order valence-electron chi connectivity index (χ3n) is 3.27. The van der Waals surface area contributed by atoms with Crippen LogP contribution in [0.25, 0.3) is 0 Å². The van der Waals surface area contributed by atoms with Crippen LogP contribution >= 0.6 is 0 Å². The monoisotopic (exact) mass is 250 g/mol. The molecule has 1 fully saturated rings. The zero-order valence-electron chi connectivity index (χ0n) is 10.5. The molecule has 4 heteroatoms. The summed E-state index contributed by atoms with van der Waals surface area (Å²) < 4.78 is 11.0. The largest absolute Gasteiger partial charge is 0.493 e. The smallest absolute Gasteiger partial charge is 0.162 e. The molecular formula is C14H18O4. The molecule has 2 rings (SSSR count). The van der Waals surface area contributed by atoms with E-state index in [2.05, 4.69) is 0 Å². The van der Waals surface area contributed by atoms with E-state index in [4.69, 9.17) is 9.47 Å². The number of methoxy groups -OCH3 is 1. The lowest BCUT2D eigenvalue weighted by Crippen LogP contribution is -2.34. The molecule has 1 aromatic carbocycles. The van der Waals surface area contributed by atoms with Crippen LogP contribution in [0.4, 0.5) is 0 Å². The Kier molecular flexibility index (Phi) is 4.20. The first-order chi connectivity index (χ1) is 8.74. The summed E-state index contributed by atoms with van der Waals surface area (Å²) in [4.78, 5) is 10.8. The van der Waals surface area contributed by atoms with Gasteiger partial charge in [0.15, 0.2) is 11.5 Å². The number of benzene rings is 1. The van der Waals surface area contributed by atoms with Crippen LogP contribution in [-0.4, -0.2) is 30.7 Å². The van der Waals surface area contributed by atoms with Gasteiger partial charge < -0.3 is 14.6 Å². The third-order valence-corrected chi connectivity index (χ3v) is 3.27. The van der Waals surface area contributed by atoms with E-state index in [-0.39, 0.29) is 6.10 Å². The predicted octanol–water partition coefficient (Wildman–Crippen LogP) is 2.19. The third kappa shape index (κ3) is 2.82. The molecule has 18 heavy (non-hydrogen) atoms. The average Bonchev–Trinajstić information content (AvgIpc) is 2.41. The second kappa shape index (κ2) is 5.87. The molecule has 1 aromatic rings. The fraction of sp³-hybridized carbons (Fsp3) is 0.500. The summed E-state index contributed by atoms with van der Waals surface area (Å²) in [5.74, 6) is 1.10. The fourth-order valence-corrected chi connectivity index (χ4v) is 2.24. The van der Waals surface area contributed by atoms with E-state index in [1.807, 2.05) is 0 Å². The topological polar surface area (TPSA) is 55.8 Å². The molecule has 0 aliphatic heterocycles. The molecule has 1 aliphatic carbocycles. The summed E-state index contributed by atoms with van der Waals surface area (Å²) in [6, 6.07) is 5.03. The van der Waals surface area contributed by atoms with Crippen molar-refractivity contribution in [1.82, 2.24) is 0 Å². The van der Waals surface area contributed by atoms with E-state index >= 15 is 0 Å².